The van der Waals surface area contributed by atoms with Crippen LogP contribution in [0.3, 0.4) is 0 Å². The summed E-state index contributed by atoms with van der Waals surface area (Å²) in [5.41, 5.74) is -0.0698. The maximum absolute atomic E-state index is 13.0. The van der Waals surface area contributed by atoms with E-state index in [1.807, 2.05) is 0 Å². The van der Waals surface area contributed by atoms with Crippen molar-refractivity contribution < 1.29 is 29.3 Å². The van der Waals surface area contributed by atoms with Crippen molar-refractivity contribution in [1.82, 2.24) is 9.97 Å². The highest BCUT2D eigenvalue weighted by Crippen LogP contribution is 2.29. The molecule has 0 spiro atoms. The Labute approximate surface area is 140 Å². The molecule has 0 amide bonds. The molecule has 3 aromatic rings. The molecule has 0 aliphatic heterocycles. The molecule has 2 heterocycles. The van der Waals surface area contributed by atoms with E-state index in [1.54, 1.807) is 12.1 Å². The number of carbonyl (C=O) groups is 2. The Kier molecular flexibility index (Phi) is 4.02. The summed E-state index contributed by atoms with van der Waals surface area (Å²) >= 11 is 0. The zero-order chi connectivity index (χ0) is 18.1. The number of hydrogen-bond acceptors (Lipinski definition) is 5. The number of rotatable bonds is 4. The second-order valence-electron chi connectivity index (χ2n) is 5.31. The Hall–Kier alpha value is -3.55. The third-order valence-electron chi connectivity index (χ3n) is 3.60. The molecular weight excluding hydrogens is 331 g/mol. The van der Waals surface area contributed by atoms with E-state index in [1.165, 1.54) is 24.4 Å². The van der Waals surface area contributed by atoms with Crippen LogP contribution in [0.25, 0.3) is 10.9 Å². The first-order chi connectivity index (χ1) is 11.9. The molecule has 3 rings (SSSR count). The van der Waals surface area contributed by atoms with Crippen molar-refractivity contribution >= 4 is 22.8 Å². The molecule has 8 heteroatoms. The monoisotopic (exact) mass is 342 g/mol. The van der Waals surface area contributed by atoms with Gasteiger partial charge in [-0.25, -0.2) is 19.0 Å². The smallest absolute Gasteiger partial charge is 0.358 e. The molecule has 0 fully saturated rings. The van der Waals surface area contributed by atoms with Crippen molar-refractivity contribution in [3.63, 3.8) is 0 Å². The molecule has 0 bridgehead atoms. The number of pyridine rings is 2. The number of carboxylic acid groups (broad SMARTS) is 2. The van der Waals surface area contributed by atoms with Crippen LogP contribution in [-0.4, -0.2) is 37.2 Å². The molecule has 0 saturated carbocycles. The van der Waals surface area contributed by atoms with Gasteiger partial charge in [-0.1, -0.05) is 12.1 Å². The van der Waals surface area contributed by atoms with Crippen LogP contribution in [0, 0.1) is 5.82 Å². The van der Waals surface area contributed by atoms with Gasteiger partial charge in [0.1, 0.15) is 11.3 Å². The van der Waals surface area contributed by atoms with E-state index < -0.39 is 29.1 Å². The van der Waals surface area contributed by atoms with Crippen molar-refractivity contribution in [2.75, 3.05) is 0 Å². The second-order valence-corrected chi connectivity index (χ2v) is 5.31. The average molecular weight is 342 g/mol. The van der Waals surface area contributed by atoms with E-state index in [-0.39, 0.29) is 16.7 Å². The van der Waals surface area contributed by atoms with Crippen molar-refractivity contribution in [3.05, 3.63) is 64.9 Å². The molecular formula is C17H11FN2O5. The largest absolute Gasteiger partial charge is 0.504 e. The van der Waals surface area contributed by atoms with Gasteiger partial charge in [-0.3, -0.25) is 4.98 Å². The molecule has 0 aliphatic rings. The van der Waals surface area contributed by atoms with Gasteiger partial charge in [0.05, 0.1) is 0 Å². The summed E-state index contributed by atoms with van der Waals surface area (Å²) in [7, 11) is 0. The topological polar surface area (TPSA) is 121 Å². The molecule has 0 atom stereocenters. The second kappa shape index (κ2) is 6.16. The van der Waals surface area contributed by atoms with E-state index in [2.05, 4.69) is 9.97 Å². The van der Waals surface area contributed by atoms with E-state index in [9.17, 15) is 24.2 Å². The van der Waals surface area contributed by atoms with Gasteiger partial charge >= 0.3 is 11.9 Å². The van der Waals surface area contributed by atoms with Gasteiger partial charge in [0.2, 0.25) is 0 Å². The first-order valence-electron chi connectivity index (χ1n) is 7.09. The number of aromatic nitrogens is 2. The Morgan fingerprint density at radius 3 is 2.24 bits per heavy atom. The van der Waals surface area contributed by atoms with Crippen LogP contribution >= 0.6 is 0 Å². The highest BCUT2D eigenvalue weighted by Gasteiger charge is 2.22. The average Bonchev–Trinajstić information content (AvgIpc) is 2.56. The summed E-state index contributed by atoms with van der Waals surface area (Å²) in [4.78, 5) is 30.0. The SMILES string of the molecule is O=C(O)c1nc(C(=O)O)c2cc(Cc3ccc(F)cc3)cnc2c1O. The first-order valence-corrected chi connectivity index (χ1v) is 7.09. The molecule has 25 heavy (non-hydrogen) atoms. The predicted molar refractivity (Wildman–Crippen MR) is 84.3 cm³/mol. The van der Waals surface area contributed by atoms with Crippen molar-refractivity contribution in [2.45, 2.75) is 6.42 Å². The van der Waals surface area contributed by atoms with Gasteiger partial charge in [0.15, 0.2) is 17.1 Å². The molecule has 3 N–H and O–H groups in total. The van der Waals surface area contributed by atoms with Crippen LogP contribution in [0.5, 0.6) is 5.75 Å². The number of carboxylic acids is 2. The summed E-state index contributed by atoms with van der Waals surface area (Å²) in [6, 6.07) is 7.24. The van der Waals surface area contributed by atoms with Gasteiger partial charge in [0, 0.05) is 11.6 Å². The van der Waals surface area contributed by atoms with Crippen LogP contribution in [0.4, 0.5) is 4.39 Å². The summed E-state index contributed by atoms with van der Waals surface area (Å²) < 4.78 is 13.0. The standard InChI is InChI=1S/C17H11FN2O5/c18-10-3-1-8(2-4-10)5-9-6-11-12(19-7-9)15(21)14(17(24)25)20-13(11)16(22)23/h1-4,6-7,21H,5H2,(H,22,23)(H,24,25). The molecule has 126 valence electrons. The van der Waals surface area contributed by atoms with Crippen molar-refractivity contribution in [2.24, 2.45) is 0 Å². The number of aromatic carboxylic acids is 2. The van der Waals surface area contributed by atoms with E-state index in [0.717, 1.165) is 5.56 Å². The minimum Gasteiger partial charge on any atom is -0.504 e. The van der Waals surface area contributed by atoms with Crippen LogP contribution in [0.15, 0.2) is 36.5 Å². The van der Waals surface area contributed by atoms with E-state index >= 15 is 0 Å². The Balaban J connectivity index is 2.14. The lowest BCUT2D eigenvalue weighted by atomic mass is 10.0. The molecule has 0 unspecified atom stereocenters. The summed E-state index contributed by atoms with van der Waals surface area (Å²) in [5, 5.41) is 28.3. The van der Waals surface area contributed by atoms with Crippen LogP contribution in [-0.2, 0) is 6.42 Å². The van der Waals surface area contributed by atoms with Crippen LogP contribution in [0.2, 0.25) is 0 Å². The minimum atomic E-state index is -1.56. The Morgan fingerprint density at radius 1 is 1.00 bits per heavy atom. The quantitative estimate of drug-likeness (QED) is 0.666. The van der Waals surface area contributed by atoms with Gasteiger partial charge in [0.25, 0.3) is 0 Å². The van der Waals surface area contributed by atoms with Crippen LogP contribution < -0.4 is 0 Å². The number of aromatic hydroxyl groups is 1. The maximum atomic E-state index is 13.0. The maximum Gasteiger partial charge on any atom is 0.358 e. The minimum absolute atomic E-state index is 0.0228. The zero-order valence-corrected chi connectivity index (χ0v) is 12.6. The molecule has 7 nitrogen and oxygen atoms in total. The third-order valence-corrected chi connectivity index (χ3v) is 3.60. The first kappa shape index (κ1) is 16.3. The van der Waals surface area contributed by atoms with Crippen molar-refractivity contribution in [1.29, 1.82) is 0 Å². The lowest BCUT2D eigenvalue weighted by Gasteiger charge is -2.09. The fourth-order valence-electron chi connectivity index (χ4n) is 2.46. The van der Waals surface area contributed by atoms with Gasteiger partial charge in [-0.2, -0.15) is 0 Å². The molecule has 2 aromatic heterocycles. The van der Waals surface area contributed by atoms with Crippen molar-refractivity contribution in [3.8, 4) is 5.75 Å². The summed E-state index contributed by atoms with van der Waals surface area (Å²) in [6.45, 7) is 0. The lowest BCUT2D eigenvalue weighted by Crippen LogP contribution is -2.09. The Bertz CT molecular complexity index is 1000. The Morgan fingerprint density at radius 2 is 1.64 bits per heavy atom. The van der Waals surface area contributed by atoms with Gasteiger partial charge < -0.3 is 15.3 Å². The summed E-state index contributed by atoms with van der Waals surface area (Å²) in [6.07, 6.45) is 1.74. The van der Waals surface area contributed by atoms with Gasteiger partial charge in [-0.15, -0.1) is 0 Å². The lowest BCUT2D eigenvalue weighted by molar-refractivity contribution is 0.0684. The van der Waals surface area contributed by atoms with Crippen LogP contribution in [0.1, 0.15) is 32.1 Å². The predicted octanol–water partition coefficient (Wildman–Crippen LogP) is 2.46. The number of nitrogens with zero attached hydrogens (tertiary/aromatic N) is 2. The molecule has 0 aliphatic carbocycles. The molecule has 1 aromatic carbocycles. The van der Waals surface area contributed by atoms with Gasteiger partial charge in [-0.05, 0) is 35.7 Å². The zero-order valence-electron chi connectivity index (χ0n) is 12.6. The van der Waals surface area contributed by atoms with E-state index in [4.69, 9.17) is 5.11 Å². The number of hydrogen-bond donors (Lipinski definition) is 3. The fourth-order valence-corrected chi connectivity index (χ4v) is 2.46. The number of halogens is 1. The third kappa shape index (κ3) is 3.09. The fraction of sp³-hybridized carbons (Fsp3) is 0.0588. The molecule has 0 radical (unpaired) electrons. The van der Waals surface area contributed by atoms with E-state index in [0.29, 0.717) is 12.0 Å². The highest BCUT2D eigenvalue weighted by atomic mass is 19.1. The molecule has 0 saturated heterocycles. The summed E-state index contributed by atoms with van der Waals surface area (Å²) in [5.74, 6) is -4.06. The number of fused-ring (bicyclic) bond motifs is 1. The highest BCUT2D eigenvalue weighted by molar-refractivity contribution is 6.06. The normalized spacial score (nSPS) is 10.8. The number of benzene rings is 1.